The molecule has 1 N–H and O–H groups in total. The molecule has 1 aromatic rings. The van der Waals surface area contributed by atoms with Crippen molar-refractivity contribution in [2.45, 2.75) is 20.8 Å². The minimum absolute atomic E-state index is 0. The molecule has 0 unspecified atom stereocenters. The summed E-state index contributed by atoms with van der Waals surface area (Å²) in [5.74, 6) is 0. The van der Waals surface area contributed by atoms with Crippen LogP contribution in [0.25, 0.3) is 0 Å². The minimum Gasteiger partial charge on any atom is -0.362 e. The Morgan fingerprint density at radius 2 is 1.75 bits per heavy atom. The van der Waals surface area contributed by atoms with E-state index in [1.807, 2.05) is 14.0 Å². The number of aromatic amines is 1. The Bertz CT molecular complexity index is 333. The van der Waals surface area contributed by atoms with E-state index in [2.05, 4.69) is 29.9 Å². The SMILES string of the molecule is CN=C(C)c1cc(C)[nH]c1C.F.FB(F)F. The lowest BCUT2D eigenvalue weighted by Crippen LogP contribution is -1.93. The molecule has 0 aliphatic rings. The zero-order valence-electron chi connectivity index (χ0n) is 9.64. The summed E-state index contributed by atoms with van der Waals surface area (Å²) in [6.07, 6.45) is 0. The first kappa shape index (κ1) is 17.1. The van der Waals surface area contributed by atoms with Crippen LogP contribution >= 0.6 is 0 Å². The van der Waals surface area contributed by atoms with Crippen molar-refractivity contribution < 1.29 is 17.7 Å². The number of aryl methyl sites for hydroxylation is 2. The summed E-state index contributed by atoms with van der Waals surface area (Å²) in [7, 11) is -1.85. The summed E-state index contributed by atoms with van der Waals surface area (Å²) in [5.41, 5.74) is 4.71. The number of hydrogen-bond acceptors (Lipinski definition) is 1. The minimum atomic E-state index is -3.67. The molecule has 0 radical (unpaired) electrons. The molecule has 1 heterocycles. The monoisotopic (exact) mass is 238 g/mol. The first-order chi connectivity index (χ1) is 6.88. The summed E-state index contributed by atoms with van der Waals surface area (Å²) >= 11 is 0. The third-order valence-corrected chi connectivity index (χ3v) is 1.87. The summed E-state index contributed by atoms with van der Waals surface area (Å²) in [6.45, 7) is 6.14. The lowest BCUT2D eigenvalue weighted by atomic mass is 10.2. The molecule has 0 saturated heterocycles. The van der Waals surface area contributed by atoms with Crippen molar-refractivity contribution >= 4 is 13.3 Å². The summed E-state index contributed by atoms with van der Waals surface area (Å²) < 4.78 is 29.0. The molecule has 0 atom stereocenters. The third kappa shape index (κ3) is 6.26. The molecule has 0 fully saturated rings. The number of hydrogen-bond donors (Lipinski definition) is 1. The number of nitrogens with one attached hydrogen (secondary N) is 1. The van der Waals surface area contributed by atoms with Crippen LogP contribution < -0.4 is 0 Å². The van der Waals surface area contributed by atoms with Gasteiger partial charge in [0.15, 0.2) is 0 Å². The van der Waals surface area contributed by atoms with Gasteiger partial charge in [-0.15, -0.1) is 0 Å². The highest BCUT2D eigenvalue weighted by Crippen LogP contribution is 2.09. The largest absolute Gasteiger partial charge is 0.762 e. The Balaban J connectivity index is 0. The van der Waals surface area contributed by atoms with Gasteiger partial charge in [-0.1, -0.05) is 0 Å². The van der Waals surface area contributed by atoms with E-state index in [9.17, 15) is 12.9 Å². The Morgan fingerprint density at radius 3 is 2.00 bits per heavy atom. The molecule has 1 rings (SSSR count). The Morgan fingerprint density at radius 1 is 1.31 bits per heavy atom. The lowest BCUT2D eigenvalue weighted by molar-refractivity contribution is 0.535. The predicted molar refractivity (Wildman–Crippen MR) is 60.0 cm³/mol. The van der Waals surface area contributed by atoms with Gasteiger partial charge in [0, 0.05) is 29.7 Å². The first-order valence-electron chi connectivity index (χ1n) is 4.40. The van der Waals surface area contributed by atoms with Gasteiger partial charge in [-0.3, -0.25) is 22.6 Å². The van der Waals surface area contributed by atoms with Crippen LogP contribution in [0.3, 0.4) is 0 Å². The number of H-pyrrole nitrogens is 1. The van der Waals surface area contributed by atoms with Gasteiger partial charge in [-0.25, -0.2) is 0 Å². The van der Waals surface area contributed by atoms with E-state index in [1.165, 1.54) is 17.0 Å². The smallest absolute Gasteiger partial charge is 0.362 e. The van der Waals surface area contributed by atoms with Gasteiger partial charge in [0.25, 0.3) is 0 Å². The van der Waals surface area contributed by atoms with E-state index < -0.39 is 7.54 Å². The fourth-order valence-corrected chi connectivity index (χ4v) is 1.22. The van der Waals surface area contributed by atoms with Gasteiger partial charge in [-0.05, 0) is 26.8 Å². The molecular weight excluding hydrogens is 223 g/mol. The molecule has 0 bridgehead atoms. The molecule has 7 heteroatoms. The maximum absolute atomic E-state index is 9.67. The van der Waals surface area contributed by atoms with E-state index in [0.717, 1.165) is 5.71 Å². The number of aliphatic imine (C=N–C) groups is 1. The van der Waals surface area contributed by atoms with Gasteiger partial charge in [0.05, 0.1) is 0 Å². The molecule has 2 nitrogen and oxygen atoms in total. The van der Waals surface area contributed by atoms with Crippen molar-refractivity contribution in [3.63, 3.8) is 0 Å². The summed E-state index contributed by atoms with van der Waals surface area (Å²) in [6, 6.07) is 2.12. The van der Waals surface area contributed by atoms with E-state index in [-0.39, 0.29) is 4.70 Å². The molecule has 0 saturated carbocycles. The standard InChI is InChI=1S/C9H14N2.BF3.FH/c1-6-5-9(7(2)10-4)8(3)11-6;2-1(3)4;/h5,11H,1-4H3;;1H. The topological polar surface area (TPSA) is 28.1 Å². The number of nitrogens with zero attached hydrogens (tertiary/aromatic N) is 1. The van der Waals surface area contributed by atoms with Crippen LogP contribution in [-0.4, -0.2) is 25.3 Å². The van der Waals surface area contributed by atoms with Crippen molar-refractivity contribution in [1.82, 2.24) is 4.98 Å². The first-order valence-corrected chi connectivity index (χ1v) is 4.40. The molecule has 0 spiro atoms. The van der Waals surface area contributed by atoms with Crippen molar-refractivity contribution in [2.24, 2.45) is 4.99 Å². The summed E-state index contributed by atoms with van der Waals surface area (Å²) in [5, 5.41) is 0. The molecule has 0 amide bonds. The second-order valence-electron chi connectivity index (χ2n) is 3.05. The second kappa shape index (κ2) is 7.95. The normalized spacial score (nSPS) is 10.1. The summed E-state index contributed by atoms with van der Waals surface area (Å²) in [4.78, 5) is 7.37. The molecular formula is C9H15BF4N2. The van der Waals surface area contributed by atoms with Crippen LogP contribution in [-0.2, 0) is 0 Å². The number of rotatable bonds is 1. The van der Waals surface area contributed by atoms with E-state index >= 15 is 0 Å². The fraction of sp³-hybridized carbons (Fsp3) is 0.444. The van der Waals surface area contributed by atoms with Crippen LogP contribution in [0.5, 0.6) is 0 Å². The van der Waals surface area contributed by atoms with Gasteiger partial charge in [-0.2, -0.15) is 0 Å². The van der Waals surface area contributed by atoms with Crippen molar-refractivity contribution in [3.05, 3.63) is 23.0 Å². The van der Waals surface area contributed by atoms with Crippen molar-refractivity contribution in [2.75, 3.05) is 7.05 Å². The van der Waals surface area contributed by atoms with Crippen molar-refractivity contribution in [1.29, 1.82) is 0 Å². The molecule has 0 aromatic carbocycles. The van der Waals surface area contributed by atoms with E-state index in [1.54, 1.807) is 0 Å². The number of aromatic nitrogens is 1. The van der Waals surface area contributed by atoms with Gasteiger partial charge in [0.2, 0.25) is 0 Å². The molecule has 92 valence electrons. The average Bonchev–Trinajstić information content (AvgIpc) is 2.43. The van der Waals surface area contributed by atoms with Crippen LogP contribution in [0, 0.1) is 13.8 Å². The Hall–Kier alpha value is -1.27. The quantitative estimate of drug-likeness (QED) is 0.442. The molecule has 0 aliphatic heterocycles. The van der Waals surface area contributed by atoms with Gasteiger partial charge in [0.1, 0.15) is 0 Å². The maximum atomic E-state index is 9.67. The maximum Gasteiger partial charge on any atom is 0.762 e. The average molecular weight is 238 g/mol. The van der Waals surface area contributed by atoms with Crippen LogP contribution in [0.4, 0.5) is 17.7 Å². The Kier molecular flexibility index (Phi) is 8.52. The second-order valence-corrected chi connectivity index (χ2v) is 3.05. The van der Waals surface area contributed by atoms with Gasteiger partial charge >= 0.3 is 7.54 Å². The van der Waals surface area contributed by atoms with Crippen LogP contribution in [0.2, 0.25) is 0 Å². The third-order valence-electron chi connectivity index (χ3n) is 1.87. The lowest BCUT2D eigenvalue weighted by Gasteiger charge is -1.95. The molecule has 0 aliphatic carbocycles. The predicted octanol–water partition coefficient (Wildman–Crippen LogP) is 3.10. The van der Waals surface area contributed by atoms with E-state index in [0.29, 0.717) is 0 Å². The van der Waals surface area contributed by atoms with Crippen LogP contribution in [0.15, 0.2) is 11.1 Å². The highest BCUT2D eigenvalue weighted by atomic mass is 19.4. The highest BCUT2D eigenvalue weighted by molar-refractivity contribution is 6.33. The molecule has 16 heavy (non-hydrogen) atoms. The van der Waals surface area contributed by atoms with E-state index in [4.69, 9.17) is 0 Å². The highest BCUT2D eigenvalue weighted by Gasteiger charge is 2.06. The fourth-order valence-electron chi connectivity index (χ4n) is 1.22. The number of halogens is 4. The van der Waals surface area contributed by atoms with Crippen molar-refractivity contribution in [3.8, 4) is 0 Å². The zero-order chi connectivity index (χ0) is 12.0. The van der Waals surface area contributed by atoms with Gasteiger partial charge < -0.3 is 4.98 Å². The van der Waals surface area contributed by atoms with Crippen LogP contribution in [0.1, 0.15) is 23.9 Å². The zero-order valence-corrected chi connectivity index (χ0v) is 9.64. The Labute approximate surface area is 92.6 Å². The molecule has 1 aromatic heterocycles.